The summed E-state index contributed by atoms with van der Waals surface area (Å²) in [5.41, 5.74) is 0. The molecule has 0 bridgehead atoms. The SMILES string of the molecule is CC(C)C(C)CCC1CCCCCCCCCCCCCC1. The molecule has 1 aliphatic carbocycles. The molecular formula is C22H44. The smallest absolute Gasteiger partial charge is 0.0414 e. The molecule has 1 aliphatic rings. The van der Waals surface area contributed by atoms with E-state index in [-0.39, 0.29) is 0 Å². The molecule has 1 fully saturated rings. The third-order valence-electron chi connectivity index (χ3n) is 6.14. The standard InChI is InChI=1S/C22H44/c1-20(2)21(3)18-19-22-16-14-12-10-8-6-4-5-7-9-11-13-15-17-22/h20-22H,4-19H2,1-3H3. The molecule has 0 radical (unpaired) electrons. The first kappa shape index (κ1) is 20.0. The summed E-state index contributed by atoms with van der Waals surface area (Å²) in [5, 5.41) is 0. The molecule has 1 atom stereocenters. The van der Waals surface area contributed by atoms with Crippen molar-refractivity contribution >= 4 is 0 Å². The second-order valence-corrected chi connectivity index (χ2v) is 8.48. The Kier molecular flexibility index (Phi) is 12.2. The third-order valence-corrected chi connectivity index (χ3v) is 6.14. The molecule has 0 aromatic carbocycles. The Morgan fingerprint density at radius 2 is 0.955 bits per heavy atom. The summed E-state index contributed by atoms with van der Waals surface area (Å²) in [6.07, 6.45) is 24.0. The fourth-order valence-corrected chi connectivity index (χ4v) is 3.90. The highest BCUT2D eigenvalue weighted by molar-refractivity contribution is 4.65. The summed E-state index contributed by atoms with van der Waals surface area (Å²) in [5.74, 6) is 2.81. The normalized spacial score (nSPS) is 22.9. The Morgan fingerprint density at radius 1 is 0.591 bits per heavy atom. The molecule has 0 aromatic rings. The molecular weight excluding hydrogens is 264 g/mol. The van der Waals surface area contributed by atoms with Gasteiger partial charge < -0.3 is 0 Å². The molecule has 0 aliphatic heterocycles. The molecule has 1 unspecified atom stereocenters. The Balaban J connectivity index is 2.29. The Labute approximate surface area is 141 Å². The lowest BCUT2D eigenvalue weighted by Gasteiger charge is -2.21. The van der Waals surface area contributed by atoms with Gasteiger partial charge in [0, 0.05) is 0 Å². The van der Waals surface area contributed by atoms with Gasteiger partial charge in [0.1, 0.15) is 0 Å². The van der Waals surface area contributed by atoms with Crippen LogP contribution in [0.5, 0.6) is 0 Å². The van der Waals surface area contributed by atoms with Crippen LogP contribution in [-0.2, 0) is 0 Å². The molecule has 0 spiro atoms. The maximum absolute atomic E-state index is 2.46. The van der Waals surface area contributed by atoms with E-state index >= 15 is 0 Å². The molecule has 22 heavy (non-hydrogen) atoms. The lowest BCUT2D eigenvalue weighted by molar-refractivity contribution is 0.311. The molecule has 0 amide bonds. The van der Waals surface area contributed by atoms with Crippen molar-refractivity contribution in [3.05, 3.63) is 0 Å². The highest BCUT2D eigenvalue weighted by atomic mass is 14.2. The van der Waals surface area contributed by atoms with Gasteiger partial charge in [-0.05, 0) is 17.8 Å². The highest BCUT2D eigenvalue weighted by Crippen LogP contribution is 2.27. The zero-order valence-corrected chi connectivity index (χ0v) is 16.0. The molecule has 1 rings (SSSR count). The van der Waals surface area contributed by atoms with Crippen LogP contribution in [0.1, 0.15) is 124 Å². The molecule has 0 aromatic heterocycles. The molecule has 0 heterocycles. The highest BCUT2D eigenvalue weighted by Gasteiger charge is 2.13. The topological polar surface area (TPSA) is 0 Å². The molecule has 0 heteroatoms. The first-order chi connectivity index (χ1) is 10.7. The van der Waals surface area contributed by atoms with E-state index in [0.717, 1.165) is 17.8 Å². The lowest BCUT2D eigenvalue weighted by Crippen LogP contribution is -2.08. The average Bonchev–Trinajstić information content (AvgIpc) is 2.51. The first-order valence-corrected chi connectivity index (χ1v) is 10.7. The molecule has 0 nitrogen and oxygen atoms in total. The third kappa shape index (κ3) is 10.7. The quantitative estimate of drug-likeness (QED) is 0.491. The van der Waals surface area contributed by atoms with Crippen molar-refractivity contribution in [1.29, 1.82) is 0 Å². The maximum atomic E-state index is 2.46. The van der Waals surface area contributed by atoms with E-state index in [9.17, 15) is 0 Å². The molecule has 0 saturated heterocycles. The van der Waals surface area contributed by atoms with Crippen LogP contribution in [-0.4, -0.2) is 0 Å². The second kappa shape index (κ2) is 13.4. The minimum Gasteiger partial charge on any atom is -0.0625 e. The van der Waals surface area contributed by atoms with Crippen LogP contribution in [0.3, 0.4) is 0 Å². The minimum atomic E-state index is 0.863. The lowest BCUT2D eigenvalue weighted by atomic mass is 9.85. The average molecular weight is 309 g/mol. The summed E-state index contributed by atoms with van der Waals surface area (Å²) < 4.78 is 0. The van der Waals surface area contributed by atoms with E-state index in [2.05, 4.69) is 20.8 Å². The Hall–Kier alpha value is 0. The summed E-state index contributed by atoms with van der Waals surface area (Å²) in [4.78, 5) is 0. The van der Waals surface area contributed by atoms with Crippen molar-refractivity contribution in [2.24, 2.45) is 17.8 Å². The van der Waals surface area contributed by atoms with Gasteiger partial charge >= 0.3 is 0 Å². The van der Waals surface area contributed by atoms with Gasteiger partial charge in [-0.25, -0.2) is 0 Å². The Bertz CT molecular complexity index is 214. The monoisotopic (exact) mass is 308 g/mol. The fourth-order valence-electron chi connectivity index (χ4n) is 3.90. The van der Waals surface area contributed by atoms with Crippen molar-refractivity contribution in [1.82, 2.24) is 0 Å². The van der Waals surface area contributed by atoms with Crippen LogP contribution in [0.2, 0.25) is 0 Å². The zero-order valence-electron chi connectivity index (χ0n) is 16.0. The van der Waals surface area contributed by atoms with Crippen molar-refractivity contribution in [2.45, 2.75) is 124 Å². The van der Waals surface area contributed by atoms with Gasteiger partial charge in [-0.3, -0.25) is 0 Å². The second-order valence-electron chi connectivity index (χ2n) is 8.48. The van der Waals surface area contributed by atoms with Gasteiger partial charge in [0.2, 0.25) is 0 Å². The minimum absolute atomic E-state index is 0.863. The van der Waals surface area contributed by atoms with E-state index in [1.165, 1.54) is 103 Å². The maximum Gasteiger partial charge on any atom is -0.0414 e. The van der Waals surface area contributed by atoms with Crippen molar-refractivity contribution in [2.75, 3.05) is 0 Å². The van der Waals surface area contributed by atoms with Gasteiger partial charge in [0.25, 0.3) is 0 Å². The number of hydrogen-bond acceptors (Lipinski definition) is 0. The van der Waals surface area contributed by atoms with E-state index in [1.54, 1.807) is 0 Å². The van der Waals surface area contributed by atoms with E-state index in [0.29, 0.717) is 0 Å². The summed E-state index contributed by atoms with van der Waals surface area (Å²) in [6.45, 7) is 7.24. The molecule has 1 saturated carbocycles. The first-order valence-electron chi connectivity index (χ1n) is 10.7. The zero-order chi connectivity index (χ0) is 16.0. The van der Waals surface area contributed by atoms with Crippen LogP contribution in [0.15, 0.2) is 0 Å². The predicted molar refractivity (Wildman–Crippen MR) is 101 cm³/mol. The van der Waals surface area contributed by atoms with E-state index in [1.807, 2.05) is 0 Å². The van der Waals surface area contributed by atoms with Crippen molar-refractivity contribution < 1.29 is 0 Å². The van der Waals surface area contributed by atoms with Crippen LogP contribution < -0.4 is 0 Å². The van der Waals surface area contributed by atoms with Crippen molar-refractivity contribution in [3.63, 3.8) is 0 Å². The van der Waals surface area contributed by atoms with Gasteiger partial charge in [-0.1, -0.05) is 124 Å². The number of rotatable bonds is 4. The van der Waals surface area contributed by atoms with Crippen LogP contribution >= 0.6 is 0 Å². The predicted octanol–water partition coefficient (Wildman–Crippen LogP) is 8.15. The van der Waals surface area contributed by atoms with E-state index in [4.69, 9.17) is 0 Å². The van der Waals surface area contributed by atoms with E-state index < -0.39 is 0 Å². The van der Waals surface area contributed by atoms with Gasteiger partial charge in [0.15, 0.2) is 0 Å². The van der Waals surface area contributed by atoms with Gasteiger partial charge in [0.05, 0.1) is 0 Å². The largest absolute Gasteiger partial charge is 0.0625 e. The molecule has 0 N–H and O–H groups in total. The Morgan fingerprint density at radius 3 is 1.32 bits per heavy atom. The summed E-state index contributed by atoms with van der Waals surface area (Å²) in [7, 11) is 0. The summed E-state index contributed by atoms with van der Waals surface area (Å²) in [6, 6.07) is 0. The van der Waals surface area contributed by atoms with Crippen LogP contribution in [0.25, 0.3) is 0 Å². The van der Waals surface area contributed by atoms with Crippen LogP contribution in [0, 0.1) is 17.8 Å². The summed E-state index contributed by atoms with van der Waals surface area (Å²) >= 11 is 0. The fraction of sp³-hybridized carbons (Fsp3) is 1.00. The molecule has 132 valence electrons. The van der Waals surface area contributed by atoms with Gasteiger partial charge in [-0.15, -0.1) is 0 Å². The van der Waals surface area contributed by atoms with Crippen LogP contribution in [0.4, 0.5) is 0 Å². The number of hydrogen-bond donors (Lipinski definition) is 0. The van der Waals surface area contributed by atoms with Crippen molar-refractivity contribution in [3.8, 4) is 0 Å². The van der Waals surface area contributed by atoms with Gasteiger partial charge in [-0.2, -0.15) is 0 Å².